The molecule has 9 heteroatoms. The van der Waals surface area contributed by atoms with E-state index in [4.69, 9.17) is 17.0 Å². The van der Waals surface area contributed by atoms with Crippen molar-refractivity contribution in [2.24, 2.45) is 0 Å². The van der Waals surface area contributed by atoms with Crippen LogP contribution in [0.25, 0.3) is 11.4 Å². The molecule has 0 atom stereocenters. The number of methoxy groups -OCH3 is 1. The lowest BCUT2D eigenvalue weighted by atomic mass is 10.2. The maximum absolute atomic E-state index is 10.9. The van der Waals surface area contributed by atoms with Gasteiger partial charge in [0.2, 0.25) is 4.77 Å². The summed E-state index contributed by atoms with van der Waals surface area (Å²) in [6.07, 6.45) is 0. The van der Waals surface area contributed by atoms with E-state index >= 15 is 0 Å². The highest BCUT2D eigenvalue weighted by atomic mass is 32.1. The van der Waals surface area contributed by atoms with Crippen molar-refractivity contribution in [3.8, 4) is 17.1 Å². The molecule has 3 rings (SSSR count). The van der Waals surface area contributed by atoms with Crippen LogP contribution in [0.5, 0.6) is 5.75 Å². The SMILES string of the molecule is COc1ccccc1-c1n[nH]c(=S)n1NCc1cccc([N+](=O)[O-])c1. The van der Waals surface area contributed by atoms with E-state index in [1.165, 1.54) is 12.1 Å². The van der Waals surface area contributed by atoms with Gasteiger partial charge in [-0.05, 0) is 29.9 Å². The average Bonchev–Trinajstić information content (AvgIpc) is 3.00. The number of H-pyrrole nitrogens is 1. The van der Waals surface area contributed by atoms with Gasteiger partial charge >= 0.3 is 0 Å². The van der Waals surface area contributed by atoms with Crippen LogP contribution in [0.4, 0.5) is 5.69 Å². The summed E-state index contributed by atoms with van der Waals surface area (Å²) in [5.74, 6) is 1.22. The zero-order chi connectivity index (χ0) is 17.8. The molecular formula is C16H15N5O3S. The zero-order valence-electron chi connectivity index (χ0n) is 13.3. The Morgan fingerprint density at radius 1 is 1.32 bits per heavy atom. The van der Waals surface area contributed by atoms with Gasteiger partial charge < -0.3 is 10.2 Å². The second-order valence-corrected chi connectivity index (χ2v) is 5.54. The van der Waals surface area contributed by atoms with Crippen LogP contribution < -0.4 is 10.2 Å². The van der Waals surface area contributed by atoms with Crippen molar-refractivity contribution in [2.45, 2.75) is 6.54 Å². The molecule has 0 aliphatic carbocycles. The molecule has 0 aliphatic rings. The number of nitro benzene ring substituents is 1. The molecule has 2 aromatic carbocycles. The number of nitro groups is 1. The van der Waals surface area contributed by atoms with Crippen LogP contribution in [-0.4, -0.2) is 26.9 Å². The Labute approximate surface area is 148 Å². The minimum atomic E-state index is -0.423. The van der Waals surface area contributed by atoms with Gasteiger partial charge in [-0.15, -0.1) is 0 Å². The van der Waals surface area contributed by atoms with Gasteiger partial charge in [-0.3, -0.25) is 10.1 Å². The molecule has 0 spiro atoms. The fraction of sp³-hybridized carbons (Fsp3) is 0.125. The quantitative estimate of drug-likeness (QED) is 0.399. The highest BCUT2D eigenvalue weighted by Gasteiger charge is 2.13. The molecule has 0 unspecified atom stereocenters. The Kier molecular flexibility index (Phi) is 4.75. The molecule has 25 heavy (non-hydrogen) atoms. The number of rotatable bonds is 6. The first-order chi connectivity index (χ1) is 12.1. The number of hydrogen-bond donors (Lipinski definition) is 2. The number of ether oxygens (including phenoxy) is 1. The number of hydrogen-bond acceptors (Lipinski definition) is 6. The molecule has 0 saturated carbocycles. The summed E-state index contributed by atoms with van der Waals surface area (Å²) >= 11 is 5.27. The van der Waals surface area contributed by atoms with E-state index in [2.05, 4.69) is 15.6 Å². The van der Waals surface area contributed by atoms with Gasteiger partial charge in [-0.2, -0.15) is 5.10 Å². The third kappa shape index (κ3) is 3.50. The van der Waals surface area contributed by atoms with Crippen molar-refractivity contribution in [1.29, 1.82) is 0 Å². The molecule has 0 radical (unpaired) electrons. The lowest BCUT2D eigenvalue weighted by Crippen LogP contribution is -2.16. The van der Waals surface area contributed by atoms with Crippen molar-refractivity contribution in [3.05, 3.63) is 69.0 Å². The van der Waals surface area contributed by atoms with Gasteiger partial charge in [0.15, 0.2) is 5.82 Å². The predicted octanol–water partition coefficient (Wildman–Crippen LogP) is 3.27. The maximum atomic E-state index is 10.9. The molecule has 0 saturated heterocycles. The monoisotopic (exact) mass is 357 g/mol. The van der Waals surface area contributed by atoms with E-state index in [1.807, 2.05) is 24.3 Å². The Bertz CT molecular complexity index is 966. The molecule has 0 aliphatic heterocycles. The second kappa shape index (κ2) is 7.14. The summed E-state index contributed by atoms with van der Waals surface area (Å²) < 4.78 is 7.36. The van der Waals surface area contributed by atoms with Gasteiger partial charge in [0.25, 0.3) is 5.69 Å². The normalized spacial score (nSPS) is 10.4. The molecule has 1 aromatic heterocycles. The van der Waals surface area contributed by atoms with E-state index in [1.54, 1.807) is 23.9 Å². The number of non-ortho nitro benzene ring substituents is 1. The Morgan fingerprint density at radius 3 is 2.88 bits per heavy atom. The Balaban J connectivity index is 1.89. The van der Waals surface area contributed by atoms with E-state index in [-0.39, 0.29) is 5.69 Å². The van der Waals surface area contributed by atoms with Crippen molar-refractivity contribution < 1.29 is 9.66 Å². The summed E-state index contributed by atoms with van der Waals surface area (Å²) in [7, 11) is 1.58. The molecule has 1 heterocycles. The first kappa shape index (κ1) is 16.7. The third-order valence-corrected chi connectivity index (χ3v) is 3.86. The predicted molar refractivity (Wildman–Crippen MR) is 95.6 cm³/mol. The molecule has 0 fully saturated rings. The van der Waals surface area contributed by atoms with Crippen LogP contribution in [0, 0.1) is 14.9 Å². The van der Waals surface area contributed by atoms with E-state index in [9.17, 15) is 10.1 Å². The molecular weight excluding hydrogens is 342 g/mol. The summed E-state index contributed by atoms with van der Waals surface area (Å²) in [4.78, 5) is 10.5. The van der Waals surface area contributed by atoms with Crippen LogP contribution in [0.2, 0.25) is 0 Å². The van der Waals surface area contributed by atoms with Crippen LogP contribution >= 0.6 is 12.2 Å². The third-order valence-electron chi connectivity index (χ3n) is 3.58. The Morgan fingerprint density at radius 2 is 2.12 bits per heavy atom. The number of benzene rings is 2. The van der Waals surface area contributed by atoms with Gasteiger partial charge in [0, 0.05) is 12.1 Å². The number of nitrogens with zero attached hydrogens (tertiary/aromatic N) is 3. The number of aromatic nitrogens is 3. The molecule has 0 amide bonds. The molecule has 128 valence electrons. The first-order valence-corrected chi connectivity index (χ1v) is 7.79. The van der Waals surface area contributed by atoms with Crippen LogP contribution in [0.15, 0.2) is 48.5 Å². The first-order valence-electron chi connectivity index (χ1n) is 7.38. The van der Waals surface area contributed by atoms with Crippen LogP contribution in [0.1, 0.15) is 5.56 Å². The van der Waals surface area contributed by atoms with Crippen molar-refractivity contribution in [2.75, 3.05) is 12.5 Å². The summed E-state index contributed by atoms with van der Waals surface area (Å²) in [5, 5.41) is 17.9. The lowest BCUT2D eigenvalue weighted by molar-refractivity contribution is -0.384. The van der Waals surface area contributed by atoms with Gasteiger partial charge in [-0.1, -0.05) is 24.3 Å². The standard InChI is InChI=1S/C16H15N5O3S/c1-24-14-8-3-2-7-13(14)15-18-19-16(25)20(15)17-10-11-5-4-6-12(9-11)21(22)23/h2-9,17H,10H2,1H3,(H,19,25). The topological polar surface area (TPSA) is 98.0 Å². The smallest absolute Gasteiger partial charge is 0.269 e. The van der Waals surface area contributed by atoms with Gasteiger partial charge in [-0.25, -0.2) is 9.77 Å². The van der Waals surface area contributed by atoms with E-state index < -0.39 is 4.92 Å². The van der Waals surface area contributed by atoms with Crippen molar-refractivity contribution in [1.82, 2.24) is 14.9 Å². The molecule has 0 bridgehead atoms. The lowest BCUT2D eigenvalue weighted by Gasteiger charge is -2.12. The largest absolute Gasteiger partial charge is 0.496 e. The highest BCUT2D eigenvalue weighted by Crippen LogP contribution is 2.27. The molecule has 3 aromatic rings. The van der Waals surface area contributed by atoms with Gasteiger partial charge in [0.1, 0.15) is 5.75 Å². The number of aromatic amines is 1. The summed E-state index contributed by atoms with van der Waals surface area (Å²) in [6.45, 7) is 0.345. The molecule has 8 nitrogen and oxygen atoms in total. The summed E-state index contributed by atoms with van der Waals surface area (Å²) in [6, 6.07) is 13.8. The van der Waals surface area contributed by atoms with Crippen LogP contribution in [-0.2, 0) is 6.54 Å². The zero-order valence-corrected chi connectivity index (χ0v) is 14.1. The number of nitrogens with one attached hydrogen (secondary N) is 2. The Hall–Kier alpha value is -3.20. The minimum Gasteiger partial charge on any atom is -0.496 e. The van der Waals surface area contributed by atoms with Crippen LogP contribution in [0.3, 0.4) is 0 Å². The van der Waals surface area contributed by atoms with Crippen molar-refractivity contribution >= 4 is 17.9 Å². The maximum Gasteiger partial charge on any atom is 0.269 e. The van der Waals surface area contributed by atoms with Gasteiger partial charge in [0.05, 0.1) is 24.1 Å². The molecule has 2 N–H and O–H groups in total. The van der Waals surface area contributed by atoms with E-state index in [0.29, 0.717) is 22.9 Å². The number of para-hydroxylation sites is 1. The minimum absolute atomic E-state index is 0.0417. The fourth-order valence-electron chi connectivity index (χ4n) is 2.40. The second-order valence-electron chi connectivity index (χ2n) is 5.15. The highest BCUT2D eigenvalue weighted by molar-refractivity contribution is 7.71. The van der Waals surface area contributed by atoms with Crippen molar-refractivity contribution in [3.63, 3.8) is 0 Å². The fourth-order valence-corrected chi connectivity index (χ4v) is 2.60. The van der Waals surface area contributed by atoms with E-state index in [0.717, 1.165) is 11.1 Å². The summed E-state index contributed by atoms with van der Waals surface area (Å²) in [5.41, 5.74) is 4.70. The average molecular weight is 357 g/mol.